The number of rotatable bonds is 3. The molecular weight excluding hydrogens is 349 g/mol. The van der Waals surface area contributed by atoms with Crippen LogP contribution in [0.4, 0.5) is 23.0 Å². The van der Waals surface area contributed by atoms with Gasteiger partial charge in [0.05, 0.1) is 4.92 Å². The number of nitrogens with one attached hydrogen (secondary N) is 1. The second kappa shape index (κ2) is 5.12. The van der Waals surface area contributed by atoms with Crippen molar-refractivity contribution in [3.05, 3.63) is 44.3 Å². The van der Waals surface area contributed by atoms with Crippen LogP contribution >= 0.6 is 22.6 Å². The fourth-order valence-corrected chi connectivity index (χ4v) is 1.91. The van der Waals surface area contributed by atoms with E-state index in [4.69, 9.17) is 5.73 Å². The maximum absolute atomic E-state index is 10.9. The quantitative estimate of drug-likeness (QED) is 0.496. The van der Waals surface area contributed by atoms with Crippen LogP contribution in [0, 0.1) is 13.7 Å². The number of anilines is 3. The van der Waals surface area contributed by atoms with Crippen LogP contribution < -0.4 is 11.1 Å². The molecule has 1 heterocycles. The minimum atomic E-state index is -0.606. The zero-order chi connectivity index (χ0) is 13.1. The van der Waals surface area contributed by atoms with Crippen molar-refractivity contribution in [1.82, 2.24) is 9.97 Å². The average Bonchev–Trinajstić information content (AvgIpc) is 2.28. The summed E-state index contributed by atoms with van der Waals surface area (Å²) in [4.78, 5) is 17.7. The van der Waals surface area contributed by atoms with Crippen LogP contribution in [0.15, 0.2) is 30.6 Å². The second-order valence-corrected chi connectivity index (χ2v) is 4.59. The average molecular weight is 357 g/mol. The molecular formula is C10H8IN5O2. The maximum atomic E-state index is 10.9. The van der Waals surface area contributed by atoms with Crippen molar-refractivity contribution >= 4 is 45.6 Å². The maximum Gasteiger partial charge on any atom is 0.353 e. The van der Waals surface area contributed by atoms with E-state index in [1.807, 2.05) is 18.2 Å². The van der Waals surface area contributed by atoms with Crippen LogP contribution in [-0.2, 0) is 0 Å². The second-order valence-electron chi connectivity index (χ2n) is 3.35. The molecule has 7 nitrogen and oxygen atoms in total. The van der Waals surface area contributed by atoms with Crippen molar-refractivity contribution in [3.8, 4) is 0 Å². The molecule has 0 aliphatic rings. The number of aromatic nitrogens is 2. The van der Waals surface area contributed by atoms with Gasteiger partial charge >= 0.3 is 5.69 Å². The highest BCUT2D eigenvalue weighted by Gasteiger charge is 2.20. The van der Waals surface area contributed by atoms with E-state index in [1.165, 1.54) is 6.33 Å². The van der Waals surface area contributed by atoms with Crippen LogP contribution in [0.3, 0.4) is 0 Å². The van der Waals surface area contributed by atoms with Gasteiger partial charge < -0.3 is 11.1 Å². The Kier molecular flexibility index (Phi) is 3.55. The summed E-state index contributed by atoms with van der Waals surface area (Å²) in [7, 11) is 0. The SMILES string of the molecule is Nc1ncnc(Nc2cccc(I)c2)c1[N+](=O)[O-]. The van der Waals surface area contributed by atoms with Crippen molar-refractivity contribution in [2.45, 2.75) is 0 Å². The summed E-state index contributed by atoms with van der Waals surface area (Å²) in [5, 5.41) is 13.8. The number of nitro groups is 1. The van der Waals surface area contributed by atoms with Crippen LogP contribution in [0.25, 0.3) is 0 Å². The molecule has 0 radical (unpaired) electrons. The monoisotopic (exact) mass is 357 g/mol. The van der Waals surface area contributed by atoms with Gasteiger partial charge in [-0.3, -0.25) is 10.1 Å². The van der Waals surface area contributed by atoms with Crippen molar-refractivity contribution in [2.75, 3.05) is 11.1 Å². The molecule has 0 aliphatic carbocycles. The summed E-state index contributed by atoms with van der Waals surface area (Å²) in [5.74, 6) is -0.0855. The summed E-state index contributed by atoms with van der Waals surface area (Å²) in [6, 6.07) is 7.36. The van der Waals surface area contributed by atoms with E-state index in [9.17, 15) is 10.1 Å². The fraction of sp³-hybridized carbons (Fsp3) is 0. The first kappa shape index (κ1) is 12.5. The van der Waals surface area contributed by atoms with E-state index in [1.54, 1.807) is 6.07 Å². The predicted molar refractivity (Wildman–Crippen MR) is 75.5 cm³/mol. The Morgan fingerprint density at radius 3 is 2.83 bits per heavy atom. The van der Waals surface area contributed by atoms with Crippen molar-refractivity contribution in [1.29, 1.82) is 0 Å². The van der Waals surface area contributed by atoms with E-state index in [-0.39, 0.29) is 17.3 Å². The highest BCUT2D eigenvalue weighted by atomic mass is 127. The molecule has 2 aromatic rings. The number of nitrogens with zero attached hydrogens (tertiary/aromatic N) is 3. The molecule has 18 heavy (non-hydrogen) atoms. The number of nitrogens with two attached hydrogens (primary N) is 1. The highest BCUT2D eigenvalue weighted by Crippen LogP contribution is 2.29. The van der Waals surface area contributed by atoms with Crippen LogP contribution in [-0.4, -0.2) is 14.9 Å². The summed E-state index contributed by atoms with van der Waals surface area (Å²) < 4.78 is 1.00. The molecule has 0 saturated carbocycles. The minimum absolute atomic E-state index is 0.0782. The lowest BCUT2D eigenvalue weighted by Crippen LogP contribution is -2.04. The van der Waals surface area contributed by atoms with Crippen molar-refractivity contribution in [2.24, 2.45) is 0 Å². The van der Waals surface area contributed by atoms with Gasteiger partial charge in [0.25, 0.3) is 0 Å². The summed E-state index contributed by atoms with van der Waals surface area (Å²) in [5.41, 5.74) is 5.85. The predicted octanol–water partition coefficient (Wildman–Crippen LogP) is 2.32. The van der Waals surface area contributed by atoms with E-state index in [0.29, 0.717) is 5.69 Å². The Balaban J connectivity index is 2.40. The number of halogens is 1. The highest BCUT2D eigenvalue weighted by molar-refractivity contribution is 14.1. The van der Waals surface area contributed by atoms with Crippen LogP contribution in [0.1, 0.15) is 0 Å². The largest absolute Gasteiger partial charge is 0.378 e. The van der Waals surface area contributed by atoms with Gasteiger partial charge in [0.2, 0.25) is 11.6 Å². The molecule has 0 bridgehead atoms. The summed E-state index contributed by atoms with van der Waals surface area (Å²) >= 11 is 2.15. The number of benzene rings is 1. The van der Waals surface area contributed by atoms with Crippen LogP contribution in [0.5, 0.6) is 0 Å². The molecule has 0 fully saturated rings. The Hall–Kier alpha value is -1.97. The molecule has 1 aromatic heterocycles. The Labute approximate surface area is 116 Å². The van der Waals surface area contributed by atoms with Gasteiger partial charge in [-0.2, -0.15) is 0 Å². The van der Waals surface area contributed by atoms with Gasteiger partial charge in [0.15, 0.2) is 0 Å². The van der Waals surface area contributed by atoms with E-state index in [0.717, 1.165) is 3.57 Å². The molecule has 0 spiro atoms. The third kappa shape index (κ3) is 2.64. The van der Waals surface area contributed by atoms with Gasteiger partial charge in [-0.1, -0.05) is 6.07 Å². The first-order valence-corrected chi connectivity index (χ1v) is 5.93. The topological polar surface area (TPSA) is 107 Å². The molecule has 0 saturated heterocycles. The zero-order valence-corrected chi connectivity index (χ0v) is 11.2. The van der Waals surface area contributed by atoms with E-state index >= 15 is 0 Å². The molecule has 0 aliphatic heterocycles. The van der Waals surface area contributed by atoms with Crippen molar-refractivity contribution < 1.29 is 4.92 Å². The van der Waals surface area contributed by atoms with Gasteiger partial charge in [-0.15, -0.1) is 0 Å². The molecule has 0 atom stereocenters. The van der Waals surface area contributed by atoms with Gasteiger partial charge in [-0.25, -0.2) is 9.97 Å². The van der Waals surface area contributed by atoms with Crippen LogP contribution in [0.2, 0.25) is 0 Å². The third-order valence-corrected chi connectivity index (χ3v) is 2.79. The lowest BCUT2D eigenvalue weighted by Gasteiger charge is -2.06. The van der Waals surface area contributed by atoms with Crippen molar-refractivity contribution in [3.63, 3.8) is 0 Å². The van der Waals surface area contributed by atoms with Gasteiger partial charge in [-0.05, 0) is 40.8 Å². The molecule has 1 aromatic carbocycles. The van der Waals surface area contributed by atoms with Gasteiger partial charge in [0.1, 0.15) is 6.33 Å². The number of hydrogen-bond acceptors (Lipinski definition) is 6. The zero-order valence-electron chi connectivity index (χ0n) is 9.00. The normalized spacial score (nSPS) is 10.1. The van der Waals surface area contributed by atoms with E-state index < -0.39 is 4.92 Å². The number of nitrogen functional groups attached to an aromatic ring is 1. The van der Waals surface area contributed by atoms with Gasteiger partial charge in [0, 0.05) is 9.26 Å². The number of hydrogen-bond donors (Lipinski definition) is 2. The Morgan fingerprint density at radius 1 is 1.39 bits per heavy atom. The Bertz CT molecular complexity index is 605. The molecule has 92 valence electrons. The standard InChI is InChI=1S/C10H8IN5O2/c11-6-2-1-3-7(4-6)15-10-8(16(17)18)9(12)13-5-14-10/h1-5H,(H3,12,13,14,15). The lowest BCUT2D eigenvalue weighted by atomic mass is 10.3. The molecule has 3 N–H and O–H groups in total. The molecule has 2 rings (SSSR count). The Morgan fingerprint density at radius 2 is 2.17 bits per heavy atom. The molecule has 0 unspecified atom stereocenters. The molecule has 0 amide bonds. The smallest absolute Gasteiger partial charge is 0.353 e. The first-order chi connectivity index (χ1) is 8.58. The lowest BCUT2D eigenvalue weighted by molar-refractivity contribution is -0.383. The minimum Gasteiger partial charge on any atom is -0.378 e. The third-order valence-electron chi connectivity index (χ3n) is 2.12. The summed E-state index contributed by atoms with van der Waals surface area (Å²) in [6.45, 7) is 0. The first-order valence-electron chi connectivity index (χ1n) is 4.85. The van der Waals surface area contributed by atoms with E-state index in [2.05, 4.69) is 37.9 Å². The summed E-state index contributed by atoms with van der Waals surface area (Å²) in [6.07, 6.45) is 1.18. The molecule has 8 heteroatoms. The fourth-order valence-electron chi connectivity index (χ4n) is 1.37.